The molecule has 0 spiro atoms. The van der Waals surface area contributed by atoms with E-state index < -0.39 is 0 Å². The lowest BCUT2D eigenvalue weighted by Gasteiger charge is -2.88. The molecule has 2 bridgehead atoms. The maximum absolute atomic E-state index is 2.67. The normalized spacial score (nSPS) is 37.9. The molecule has 160 valence electrons. The van der Waals surface area contributed by atoms with Crippen LogP contribution in [0.25, 0.3) is 0 Å². The maximum Gasteiger partial charge on any atom is -0.00662 e. The van der Waals surface area contributed by atoms with Crippen molar-refractivity contribution in [3.8, 4) is 0 Å². The summed E-state index contributed by atoms with van der Waals surface area (Å²) in [6.45, 7) is 43.7. The first kappa shape index (κ1) is 23.3. The van der Waals surface area contributed by atoms with Crippen LogP contribution in [0.3, 0.4) is 0 Å². The molecule has 0 saturated heterocycles. The van der Waals surface area contributed by atoms with E-state index in [-0.39, 0.29) is 43.3 Å². The molecule has 0 amide bonds. The summed E-state index contributed by atoms with van der Waals surface area (Å²) in [5, 5.41) is 0. The molecule has 0 aromatic rings. The summed E-state index contributed by atoms with van der Waals surface area (Å²) in [4.78, 5) is 0. The van der Waals surface area contributed by atoms with E-state index in [0.29, 0.717) is 11.3 Å². The van der Waals surface area contributed by atoms with Crippen molar-refractivity contribution < 1.29 is 0 Å². The summed E-state index contributed by atoms with van der Waals surface area (Å²) in [5.41, 5.74) is 2.22. The quantitative estimate of drug-likeness (QED) is 0.428. The van der Waals surface area contributed by atoms with Crippen LogP contribution in [0.2, 0.25) is 0 Å². The predicted molar refractivity (Wildman–Crippen MR) is 122 cm³/mol. The minimum atomic E-state index is 0.205. The van der Waals surface area contributed by atoms with Gasteiger partial charge in [-0.05, 0) is 54.7 Å². The Labute approximate surface area is 172 Å². The van der Waals surface area contributed by atoms with Crippen molar-refractivity contribution in [2.45, 2.75) is 118 Å². The SMILES string of the molecule is CC1C(C)(C)C2(C)C(C)(C)C1(C(C)(C)C(C)(C)C)C2(C(C)(C)C)C(C)(C)C. The Hall–Kier alpha value is 0. The highest BCUT2D eigenvalue weighted by molar-refractivity contribution is 5.44. The predicted octanol–water partition coefficient (Wildman–Crippen LogP) is 8.85. The molecule has 3 rings (SSSR count). The van der Waals surface area contributed by atoms with Crippen LogP contribution in [0.1, 0.15) is 118 Å². The van der Waals surface area contributed by atoms with Crippen LogP contribution in [0.4, 0.5) is 0 Å². The fourth-order valence-electron chi connectivity index (χ4n) is 11.0. The molecule has 3 saturated carbocycles. The monoisotopic (exact) mass is 376 g/mol. The van der Waals surface area contributed by atoms with Crippen molar-refractivity contribution in [1.29, 1.82) is 0 Å². The minimum Gasteiger partial charge on any atom is -0.0614 e. The van der Waals surface area contributed by atoms with Gasteiger partial charge in [0.05, 0.1) is 0 Å². The van der Waals surface area contributed by atoms with Gasteiger partial charge in [-0.1, -0.05) is 118 Å². The first-order valence-electron chi connectivity index (χ1n) is 11.4. The van der Waals surface area contributed by atoms with Gasteiger partial charge in [-0.15, -0.1) is 0 Å². The summed E-state index contributed by atoms with van der Waals surface area (Å²) >= 11 is 0. The average Bonchev–Trinajstić information content (AvgIpc) is 2.56. The largest absolute Gasteiger partial charge is 0.0614 e. The lowest BCUT2D eigenvalue weighted by atomic mass is 9.15. The zero-order valence-corrected chi connectivity index (χ0v) is 22.1. The summed E-state index contributed by atoms with van der Waals surface area (Å²) in [7, 11) is 0. The van der Waals surface area contributed by atoms with Crippen LogP contribution in [0.5, 0.6) is 0 Å². The van der Waals surface area contributed by atoms with E-state index in [1.807, 2.05) is 0 Å². The smallest absolute Gasteiger partial charge is 0.00662 e. The van der Waals surface area contributed by atoms with E-state index in [1.165, 1.54) is 0 Å². The summed E-state index contributed by atoms with van der Waals surface area (Å²) < 4.78 is 0. The molecule has 0 heterocycles. The van der Waals surface area contributed by atoms with Crippen LogP contribution >= 0.6 is 0 Å². The molecule has 3 aliphatic rings. The van der Waals surface area contributed by atoms with Gasteiger partial charge in [0.2, 0.25) is 0 Å². The van der Waals surface area contributed by atoms with Gasteiger partial charge in [0.25, 0.3) is 0 Å². The molecule has 0 radical (unpaired) electrons. The fraction of sp³-hybridized carbons (Fsp3) is 1.00. The number of hydrogen-bond acceptors (Lipinski definition) is 0. The molecule has 0 nitrogen and oxygen atoms in total. The Kier molecular flexibility index (Phi) is 4.31. The molecule has 3 unspecified atom stereocenters. The van der Waals surface area contributed by atoms with Crippen molar-refractivity contribution in [3.63, 3.8) is 0 Å². The van der Waals surface area contributed by atoms with Crippen molar-refractivity contribution in [3.05, 3.63) is 0 Å². The molecule has 3 aliphatic carbocycles. The second-order valence-corrected chi connectivity index (χ2v) is 15.1. The Morgan fingerprint density at radius 1 is 0.593 bits per heavy atom. The van der Waals surface area contributed by atoms with Crippen molar-refractivity contribution >= 4 is 0 Å². The standard InChI is InChI=1S/C27H52/c1-18-22(11,12)25(17)24(15,16)26(18,23(13,14)19(2,3)4)27(25,20(5,6)7)21(8,9)10/h18H,1-17H3. The van der Waals surface area contributed by atoms with E-state index in [1.54, 1.807) is 0 Å². The minimum absolute atomic E-state index is 0.205. The van der Waals surface area contributed by atoms with Crippen LogP contribution in [-0.4, -0.2) is 0 Å². The van der Waals surface area contributed by atoms with E-state index >= 15 is 0 Å². The molecular formula is C27H52. The van der Waals surface area contributed by atoms with Gasteiger partial charge in [0.1, 0.15) is 0 Å². The molecule has 0 aliphatic heterocycles. The fourth-order valence-corrected chi connectivity index (χ4v) is 11.0. The van der Waals surface area contributed by atoms with Crippen LogP contribution in [-0.2, 0) is 0 Å². The van der Waals surface area contributed by atoms with Crippen LogP contribution in [0.15, 0.2) is 0 Å². The average molecular weight is 377 g/mol. The second kappa shape index (κ2) is 5.00. The molecular weight excluding hydrogens is 324 g/mol. The Bertz CT molecular complexity index is 608. The van der Waals surface area contributed by atoms with Crippen molar-refractivity contribution in [2.24, 2.45) is 54.7 Å². The Morgan fingerprint density at radius 2 is 0.926 bits per heavy atom. The zero-order chi connectivity index (χ0) is 22.1. The molecule has 3 atom stereocenters. The molecule has 0 heteroatoms. The van der Waals surface area contributed by atoms with E-state index in [4.69, 9.17) is 0 Å². The number of fused-ring (bicyclic) bond motifs is 1. The van der Waals surface area contributed by atoms with Gasteiger partial charge in [0.15, 0.2) is 0 Å². The molecule has 27 heavy (non-hydrogen) atoms. The van der Waals surface area contributed by atoms with Crippen molar-refractivity contribution in [2.75, 3.05) is 0 Å². The summed E-state index contributed by atoms with van der Waals surface area (Å²) in [6.07, 6.45) is 0. The van der Waals surface area contributed by atoms with Gasteiger partial charge in [-0.25, -0.2) is 0 Å². The lowest BCUT2D eigenvalue weighted by Crippen LogP contribution is -2.84. The highest BCUT2D eigenvalue weighted by Crippen LogP contribution is 3.02. The second-order valence-electron chi connectivity index (χ2n) is 15.1. The lowest BCUT2D eigenvalue weighted by molar-refractivity contribution is -0.416. The van der Waals surface area contributed by atoms with E-state index in [9.17, 15) is 0 Å². The third-order valence-corrected chi connectivity index (χ3v) is 11.7. The maximum atomic E-state index is 2.67. The molecule has 3 fully saturated rings. The number of hydrogen-bond donors (Lipinski definition) is 0. The zero-order valence-electron chi connectivity index (χ0n) is 22.1. The van der Waals surface area contributed by atoms with E-state index in [0.717, 1.165) is 0 Å². The molecule has 0 aromatic carbocycles. The third-order valence-electron chi connectivity index (χ3n) is 11.7. The van der Waals surface area contributed by atoms with Crippen LogP contribution < -0.4 is 0 Å². The van der Waals surface area contributed by atoms with Crippen molar-refractivity contribution in [1.82, 2.24) is 0 Å². The Morgan fingerprint density at radius 3 is 1.15 bits per heavy atom. The topological polar surface area (TPSA) is 0 Å². The number of rotatable bonds is 1. The van der Waals surface area contributed by atoms with Gasteiger partial charge in [0, 0.05) is 0 Å². The summed E-state index contributed by atoms with van der Waals surface area (Å²) in [6, 6.07) is 0. The summed E-state index contributed by atoms with van der Waals surface area (Å²) in [5.74, 6) is 0.665. The first-order chi connectivity index (χ1) is 11.4. The molecule has 0 aromatic heterocycles. The van der Waals surface area contributed by atoms with Gasteiger partial charge in [-0.2, -0.15) is 0 Å². The van der Waals surface area contributed by atoms with Gasteiger partial charge < -0.3 is 0 Å². The third kappa shape index (κ3) is 1.73. The highest BCUT2D eigenvalue weighted by atomic mass is 15.0. The van der Waals surface area contributed by atoms with Gasteiger partial charge >= 0.3 is 0 Å². The highest BCUT2D eigenvalue weighted by Gasteiger charge is 2.98. The first-order valence-corrected chi connectivity index (χ1v) is 11.4. The van der Waals surface area contributed by atoms with E-state index in [2.05, 4.69) is 118 Å². The van der Waals surface area contributed by atoms with Gasteiger partial charge in [-0.3, -0.25) is 0 Å². The van der Waals surface area contributed by atoms with Crippen LogP contribution in [0, 0.1) is 54.7 Å². The Balaban J connectivity index is 3.20. The molecule has 0 N–H and O–H groups in total.